The molecule has 1 aliphatic rings. The molecule has 4 atom stereocenters. The molecule has 1 aliphatic heterocycles. The molecule has 0 saturated carbocycles. The van der Waals surface area contributed by atoms with Gasteiger partial charge in [-0.2, -0.15) is 0 Å². The fraction of sp³-hybridized carbons (Fsp3) is 0.278. The van der Waals surface area contributed by atoms with Gasteiger partial charge in [0.25, 0.3) is 0 Å². The fourth-order valence-corrected chi connectivity index (χ4v) is 3.46. The minimum atomic E-state index is -2.18. The van der Waals surface area contributed by atoms with Crippen molar-refractivity contribution in [3.05, 3.63) is 48.0 Å². The van der Waals surface area contributed by atoms with Crippen LogP contribution in [0.15, 0.2) is 36.9 Å². The van der Waals surface area contributed by atoms with Crippen LogP contribution in [0.1, 0.15) is 20.7 Å². The second-order valence-corrected chi connectivity index (χ2v) is 6.59. The Kier molecular flexibility index (Phi) is 4.59. The molecule has 3 heterocycles. The van der Waals surface area contributed by atoms with E-state index in [0.717, 1.165) is 6.33 Å². The monoisotopic (exact) mass is 399 g/mol. The smallest absolute Gasteiger partial charge is 0.241 e. The molecule has 0 bridgehead atoms. The highest BCUT2D eigenvalue weighted by atomic mass is 16.6. The summed E-state index contributed by atoms with van der Waals surface area (Å²) in [5.41, 5.74) is 4.36. The van der Waals surface area contributed by atoms with Gasteiger partial charge < -0.3 is 25.8 Å². The van der Waals surface area contributed by atoms with Gasteiger partial charge in [0.2, 0.25) is 11.5 Å². The third kappa shape index (κ3) is 2.71. The lowest BCUT2D eigenvalue weighted by atomic mass is 9.93. The molecular weight excluding hydrogens is 382 g/mol. The number of hydrogen-bond acceptors (Lipinski definition) is 10. The molecule has 11 nitrogen and oxygen atoms in total. The Bertz CT molecular complexity index is 1080. The number of nitrogens with two attached hydrogens (primary N) is 1. The third-order valence-corrected chi connectivity index (χ3v) is 4.97. The van der Waals surface area contributed by atoms with Crippen LogP contribution >= 0.6 is 0 Å². The van der Waals surface area contributed by atoms with Gasteiger partial charge in [-0.15, -0.1) is 0 Å². The van der Waals surface area contributed by atoms with Gasteiger partial charge in [0.15, 0.2) is 11.5 Å². The largest absolute Gasteiger partial charge is 0.394 e. The van der Waals surface area contributed by atoms with Gasteiger partial charge in [0.05, 0.1) is 6.61 Å². The van der Waals surface area contributed by atoms with Crippen molar-refractivity contribution in [3.63, 3.8) is 0 Å². The SMILES string of the molecule is Nc1ncnc2c1ncn2[C@]1(C(=O)c2ccc(C=O)cc2)O[C@H](CO)[C@@H](O)[C@H]1O. The highest BCUT2D eigenvalue weighted by molar-refractivity contribution is 6.03. The van der Waals surface area contributed by atoms with E-state index < -0.39 is 36.4 Å². The van der Waals surface area contributed by atoms with Gasteiger partial charge >= 0.3 is 0 Å². The van der Waals surface area contributed by atoms with Crippen LogP contribution < -0.4 is 5.73 Å². The van der Waals surface area contributed by atoms with Crippen molar-refractivity contribution in [2.24, 2.45) is 0 Å². The summed E-state index contributed by atoms with van der Waals surface area (Å²) < 4.78 is 6.91. The highest BCUT2D eigenvalue weighted by Crippen LogP contribution is 2.40. The van der Waals surface area contributed by atoms with E-state index in [1.807, 2.05) is 0 Å². The number of carbonyl (C=O) groups is 2. The number of fused-ring (bicyclic) bond motifs is 1. The van der Waals surface area contributed by atoms with Gasteiger partial charge in [-0.3, -0.25) is 14.2 Å². The summed E-state index contributed by atoms with van der Waals surface area (Å²) in [6.45, 7) is -0.638. The lowest BCUT2D eigenvalue weighted by molar-refractivity contribution is -0.113. The molecule has 4 rings (SSSR count). The van der Waals surface area contributed by atoms with E-state index in [9.17, 15) is 24.9 Å². The molecule has 5 N–H and O–H groups in total. The Morgan fingerprint density at radius 1 is 1.24 bits per heavy atom. The number of imidazole rings is 1. The number of rotatable bonds is 5. The Morgan fingerprint density at radius 2 is 1.97 bits per heavy atom. The average Bonchev–Trinajstić information content (AvgIpc) is 3.29. The number of Topliss-reactive ketones (excluding diaryl/α,β-unsaturated/α-hetero) is 1. The van der Waals surface area contributed by atoms with Crippen LogP contribution in [0.5, 0.6) is 0 Å². The number of aliphatic hydroxyl groups is 3. The maximum absolute atomic E-state index is 13.5. The van der Waals surface area contributed by atoms with E-state index >= 15 is 0 Å². The molecule has 1 aromatic carbocycles. The van der Waals surface area contributed by atoms with Crippen LogP contribution in [0, 0.1) is 0 Å². The van der Waals surface area contributed by atoms with Crippen LogP contribution in [-0.2, 0) is 10.5 Å². The van der Waals surface area contributed by atoms with Gasteiger partial charge in [-0.25, -0.2) is 15.0 Å². The van der Waals surface area contributed by atoms with E-state index in [1.165, 1.54) is 35.2 Å². The molecule has 0 radical (unpaired) electrons. The molecule has 29 heavy (non-hydrogen) atoms. The number of nitrogens with zero attached hydrogens (tertiary/aromatic N) is 4. The predicted molar refractivity (Wildman–Crippen MR) is 97.8 cm³/mol. The number of aldehydes is 1. The predicted octanol–water partition coefficient (Wildman–Crippen LogP) is -1.13. The number of aromatic nitrogens is 4. The zero-order valence-corrected chi connectivity index (χ0v) is 14.9. The summed E-state index contributed by atoms with van der Waals surface area (Å²) in [7, 11) is 0. The molecule has 2 aromatic heterocycles. The third-order valence-electron chi connectivity index (χ3n) is 4.97. The summed E-state index contributed by atoms with van der Waals surface area (Å²) in [4.78, 5) is 36.4. The Labute approximate surface area is 163 Å². The number of hydrogen-bond donors (Lipinski definition) is 4. The first kappa shape index (κ1) is 19.1. The van der Waals surface area contributed by atoms with Crippen molar-refractivity contribution in [2.45, 2.75) is 24.0 Å². The van der Waals surface area contributed by atoms with Crippen molar-refractivity contribution in [1.82, 2.24) is 19.5 Å². The zero-order valence-electron chi connectivity index (χ0n) is 14.9. The average molecular weight is 399 g/mol. The van der Waals surface area contributed by atoms with E-state index in [-0.39, 0.29) is 22.5 Å². The summed E-state index contributed by atoms with van der Waals surface area (Å²) in [6.07, 6.45) is -1.57. The Balaban J connectivity index is 1.94. The molecule has 3 aromatic rings. The number of ketones is 1. The van der Waals surface area contributed by atoms with Crippen molar-refractivity contribution in [1.29, 1.82) is 0 Å². The van der Waals surface area contributed by atoms with Crippen LogP contribution in [0.25, 0.3) is 11.2 Å². The van der Waals surface area contributed by atoms with Gasteiger partial charge in [-0.1, -0.05) is 24.3 Å². The molecule has 1 saturated heterocycles. The van der Waals surface area contributed by atoms with Crippen molar-refractivity contribution >= 4 is 29.1 Å². The second-order valence-electron chi connectivity index (χ2n) is 6.59. The van der Waals surface area contributed by atoms with E-state index in [0.29, 0.717) is 11.8 Å². The molecule has 0 unspecified atom stereocenters. The van der Waals surface area contributed by atoms with E-state index in [4.69, 9.17) is 10.5 Å². The zero-order chi connectivity index (χ0) is 20.8. The van der Waals surface area contributed by atoms with E-state index in [1.54, 1.807) is 0 Å². The van der Waals surface area contributed by atoms with Crippen LogP contribution in [-0.4, -0.2) is 71.8 Å². The first-order valence-electron chi connectivity index (χ1n) is 8.63. The minimum absolute atomic E-state index is 0.0541. The standard InChI is InChI=1S/C18H17N5O6/c19-16-12-17(21-7-20-16)23(8-22-12)18(15(28)13(26)11(6-25)29-18)14(27)10-3-1-9(5-24)2-4-10/h1-5,7-8,11,13,15,25-26,28H,6H2,(H2,19,20,21)/t11-,13-,15-,18-/m1/s1. The topological polar surface area (TPSA) is 174 Å². The van der Waals surface area contributed by atoms with Crippen LogP contribution in [0.2, 0.25) is 0 Å². The number of aliphatic hydroxyl groups excluding tert-OH is 3. The second kappa shape index (κ2) is 6.97. The molecule has 0 aliphatic carbocycles. The molecule has 150 valence electrons. The fourth-order valence-electron chi connectivity index (χ4n) is 3.46. The summed E-state index contributed by atoms with van der Waals surface area (Å²) in [5, 5.41) is 30.8. The first-order valence-corrected chi connectivity index (χ1v) is 8.63. The van der Waals surface area contributed by atoms with Crippen molar-refractivity contribution in [2.75, 3.05) is 12.3 Å². The molecular formula is C18H17N5O6. The highest BCUT2D eigenvalue weighted by Gasteiger charge is 2.60. The number of carbonyl (C=O) groups excluding carboxylic acids is 2. The Hall–Kier alpha value is -3.25. The number of benzene rings is 1. The summed E-state index contributed by atoms with van der Waals surface area (Å²) in [5.74, 6) is -0.674. The lowest BCUT2D eigenvalue weighted by Gasteiger charge is -2.32. The number of ether oxygens (including phenoxy) is 1. The first-order chi connectivity index (χ1) is 13.9. The molecule has 0 amide bonds. The quantitative estimate of drug-likeness (QED) is 0.303. The maximum Gasteiger partial charge on any atom is 0.241 e. The van der Waals surface area contributed by atoms with E-state index in [2.05, 4.69) is 15.0 Å². The van der Waals surface area contributed by atoms with Crippen LogP contribution in [0.4, 0.5) is 5.82 Å². The molecule has 0 spiro atoms. The molecule has 1 fully saturated rings. The maximum atomic E-state index is 13.5. The van der Waals surface area contributed by atoms with Crippen LogP contribution in [0.3, 0.4) is 0 Å². The number of anilines is 1. The minimum Gasteiger partial charge on any atom is -0.394 e. The summed E-state index contributed by atoms with van der Waals surface area (Å²) in [6, 6.07) is 5.65. The Morgan fingerprint density at radius 3 is 2.59 bits per heavy atom. The van der Waals surface area contributed by atoms with Crippen molar-refractivity contribution in [3.8, 4) is 0 Å². The lowest BCUT2D eigenvalue weighted by Crippen LogP contribution is -2.51. The summed E-state index contributed by atoms with van der Waals surface area (Å²) >= 11 is 0. The normalized spacial score (nSPS) is 26.7. The van der Waals surface area contributed by atoms with Gasteiger partial charge in [-0.05, 0) is 0 Å². The molecule has 11 heteroatoms. The number of nitrogen functional groups attached to an aromatic ring is 1. The van der Waals surface area contributed by atoms with Crippen molar-refractivity contribution < 1.29 is 29.6 Å². The van der Waals surface area contributed by atoms with Gasteiger partial charge in [0.1, 0.15) is 42.8 Å². The van der Waals surface area contributed by atoms with Gasteiger partial charge in [0, 0.05) is 11.1 Å².